The summed E-state index contributed by atoms with van der Waals surface area (Å²) < 4.78 is 0. The van der Waals surface area contributed by atoms with Crippen molar-refractivity contribution in [3.63, 3.8) is 0 Å². The summed E-state index contributed by atoms with van der Waals surface area (Å²) in [6.45, 7) is 0. The van der Waals surface area contributed by atoms with E-state index in [1.165, 1.54) is 0 Å². The molecule has 0 bridgehead atoms. The molecule has 9 heavy (non-hydrogen) atoms. The van der Waals surface area contributed by atoms with Gasteiger partial charge < -0.3 is 54.0 Å². The molecule has 0 N–H and O–H groups in total. The maximum atomic E-state index is 0. The summed E-state index contributed by atoms with van der Waals surface area (Å²) in [4.78, 5) is 0. The molecule has 0 rings (SSSR count). The Labute approximate surface area is 137 Å². The Morgan fingerprint density at radius 3 is 0.444 bits per heavy atom. The third kappa shape index (κ3) is 75.5. The quantitative estimate of drug-likeness (QED) is 0.281. The van der Waals surface area contributed by atoms with Crippen molar-refractivity contribution >= 4 is 54.0 Å². The molecule has 0 heterocycles. The first-order valence-corrected chi connectivity index (χ1v) is 0. The normalized spacial score (nSPS) is 0. The van der Waals surface area contributed by atoms with Crippen LogP contribution < -0.4 is 0 Å². The Hall–Kier alpha value is 3.97. The number of thiol groups is 4. The first kappa shape index (κ1) is 118. The van der Waals surface area contributed by atoms with Crippen LogP contribution in [0.2, 0.25) is 0 Å². The summed E-state index contributed by atoms with van der Waals surface area (Å²) in [5.41, 5.74) is 0. The van der Waals surface area contributed by atoms with Crippen LogP contribution in [0.5, 0.6) is 0 Å². The molecule has 72 valence electrons. The van der Waals surface area contributed by atoms with Crippen LogP contribution in [-0.2, 0) is 139 Å². The topological polar surface area (TPSA) is 0 Å². The molecule has 0 amide bonds. The molecule has 0 saturated carbocycles. The molecule has 0 nitrogen and oxygen atoms in total. The van der Waals surface area contributed by atoms with Gasteiger partial charge in [-0.05, 0) is 0 Å². The van der Waals surface area contributed by atoms with Gasteiger partial charge in [-0.3, -0.25) is 0 Å². The van der Waals surface area contributed by atoms with Crippen molar-refractivity contribution in [2.75, 3.05) is 0 Å². The van der Waals surface area contributed by atoms with Crippen LogP contribution in [0, 0.1) is 0 Å². The molecule has 0 fully saturated rings. The van der Waals surface area contributed by atoms with Crippen molar-refractivity contribution in [2.24, 2.45) is 0 Å². The monoisotopic (exact) mass is 414 g/mol. The standard InChI is InChI=1S/4Fe.Ni.4H2S/h;;;;;4*1H2/q;;;+2;;;;;/p-4. The van der Waals surface area contributed by atoms with Gasteiger partial charge in [0.2, 0.25) is 0 Å². The van der Waals surface area contributed by atoms with Gasteiger partial charge in [0, 0.05) is 67.7 Å². The molecule has 0 aromatic heterocycles. The van der Waals surface area contributed by atoms with Crippen molar-refractivity contribution in [2.45, 2.75) is 0 Å². The van der Waals surface area contributed by atoms with Gasteiger partial charge in [-0.2, -0.15) is 0 Å². The third-order valence-electron chi connectivity index (χ3n) is 0. The van der Waals surface area contributed by atoms with E-state index in [9.17, 15) is 0 Å². The second-order valence-electron chi connectivity index (χ2n) is 0. The van der Waals surface area contributed by atoms with E-state index in [4.69, 9.17) is 0 Å². The number of hydrogen-bond acceptors (Lipinski definition) is 4. The Morgan fingerprint density at radius 2 is 0.444 bits per heavy atom. The van der Waals surface area contributed by atoms with E-state index in [1.54, 1.807) is 0 Å². The van der Waals surface area contributed by atoms with E-state index in [-0.39, 0.29) is 139 Å². The average Bonchev–Trinajstić information content (AvgIpc) is 0. The maximum Gasteiger partial charge on any atom is 2.00 e. The minimum Gasteiger partial charge on any atom is -0.813 e. The van der Waals surface area contributed by atoms with E-state index >= 15 is 0 Å². The molecule has 0 aliphatic carbocycles. The van der Waals surface area contributed by atoms with Crippen molar-refractivity contribution < 1.29 is 84.8 Å². The average molecular weight is 414 g/mol. The van der Waals surface area contributed by atoms with Crippen molar-refractivity contribution in [1.82, 2.24) is 0 Å². The predicted molar refractivity (Wildman–Crippen MR) is 35.0 cm³/mol. The molecule has 0 aromatic carbocycles. The molecule has 0 spiro atoms. The zero-order valence-corrected chi connectivity index (χ0v) is 12.5. The van der Waals surface area contributed by atoms with Gasteiger partial charge in [0.25, 0.3) is 0 Å². The van der Waals surface area contributed by atoms with Crippen LogP contribution in [0.25, 0.3) is 0 Å². The Bertz CT molecular complexity index is 12.5. The third-order valence-corrected chi connectivity index (χ3v) is 0. The minimum absolute atomic E-state index is 0. The van der Waals surface area contributed by atoms with Gasteiger partial charge >= 0.3 is 17.1 Å². The SMILES string of the molecule is [Fe+2].[Fe].[Fe].[Fe].[Ni].[SH-].[SH-].[SH-].[SH-]. The minimum atomic E-state index is 0. The molecule has 0 aliphatic heterocycles. The maximum absolute atomic E-state index is 0. The van der Waals surface area contributed by atoms with Crippen LogP contribution in [0.15, 0.2) is 0 Å². The van der Waals surface area contributed by atoms with Crippen molar-refractivity contribution in [1.29, 1.82) is 0 Å². The first-order chi connectivity index (χ1) is 0. The zero-order chi connectivity index (χ0) is 0. The van der Waals surface area contributed by atoms with Crippen LogP contribution in [0.1, 0.15) is 0 Å². The van der Waals surface area contributed by atoms with Gasteiger partial charge in [-0.25, -0.2) is 0 Å². The van der Waals surface area contributed by atoms with Gasteiger partial charge in [-0.15, -0.1) is 0 Å². The Kier molecular flexibility index (Phi) is 1200. The summed E-state index contributed by atoms with van der Waals surface area (Å²) in [5, 5.41) is 0. The molecule has 0 aliphatic rings. The van der Waals surface area contributed by atoms with E-state index in [0.29, 0.717) is 0 Å². The molecule has 0 radical (unpaired) electrons. The molecular formula is H4Fe4NiS4-2. The smallest absolute Gasteiger partial charge is 0.813 e. The molecule has 0 unspecified atom stereocenters. The van der Waals surface area contributed by atoms with E-state index in [1.807, 2.05) is 0 Å². The molecular weight excluding hydrogens is 410 g/mol. The molecule has 0 saturated heterocycles. The molecule has 0 aromatic rings. The summed E-state index contributed by atoms with van der Waals surface area (Å²) in [6.07, 6.45) is 0. The van der Waals surface area contributed by atoms with Crippen LogP contribution in [0.4, 0.5) is 0 Å². The second kappa shape index (κ2) is 91.4. The summed E-state index contributed by atoms with van der Waals surface area (Å²) in [5.74, 6) is 0. The number of hydrogen-bond donors (Lipinski definition) is 0. The van der Waals surface area contributed by atoms with Crippen LogP contribution in [0.3, 0.4) is 0 Å². The molecule has 9 heteroatoms. The van der Waals surface area contributed by atoms with Crippen LogP contribution in [-0.4, -0.2) is 0 Å². The first-order valence-electron chi connectivity index (χ1n) is 0. The summed E-state index contributed by atoms with van der Waals surface area (Å²) >= 11 is 0. The summed E-state index contributed by atoms with van der Waals surface area (Å²) in [6, 6.07) is 0. The van der Waals surface area contributed by atoms with E-state index in [0.717, 1.165) is 0 Å². The largest absolute Gasteiger partial charge is 2.00 e. The predicted octanol–water partition coefficient (Wildman–Crippen LogP) is -1.09. The summed E-state index contributed by atoms with van der Waals surface area (Å²) in [7, 11) is 0. The second-order valence-corrected chi connectivity index (χ2v) is 0. The fourth-order valence-corrected chi connectivity index (χ4v) is 0. The van der Waals surface area contributed by atoms with Gasteiger partial charge in [0.15, 0.2) is 0 Å². The van der Waals surface area contributed by atoms with Gasteiger partial charge in [0.05, 0.1) is 0 Å². The van der Waals surface area contributed by atoms with Gasteiger partial charge in [0.1, 0.15) is 0 Å². The molecule has 0 atom stereocenters. The Balaban J connectivity index is 0. The fourth-order valence-electron chi connectivity index (χ4n) is 0. The van der Waals surface area contributed by atoms with Crippen molar-refractivity contribution in [3.8, 4) is 0 Å². The van der Waals surface area contributed by atoms with Gasteiger partial charge in [-0.1, -0.05) is 0 Å². The van der Waals surface area contributed by atoms with Crippen molar-refractivity contribution in [3.05, 3.63) is 0 Å². The van der Waals surface area contributed by atoms with Crippen LogP contribution >= 0.6 is 0 Å². The number of rotatable bonds is 0. The van der Waals surface area contributed by atoms with E-state index < -0.39 is 0 Å². The fraction of sp³-hybridized carbons (Fsp3) is 0. The Morgan fingerprint density at radius 1 is 0.444 bits per heavy atom. The zero-order valence-electron chi connectivity index (χ0n) is 3.52. The van der Waals surface area contributed by atoms with E-state index in [2.05, 4.69) is 0 Å².